The van der Waals surface area contributed by atoms with Gasteiger partial charge in [0.1, 0.15) is 23.9 Å². The molecule has 0 amide bonds. The monoisotopic (exact) mass is 746 g/mol. The molecule has 0 aliphatic carbocycles. The van der Waals surface area contributed by atoms with Crippen LogP contribution in [-0.4, -0.2) is 105 Å². The van der Waals surface area contributed by atoms with Crippen LogP contribution in [0.5, 0.6) is 0 Å². The highest BCUT2D eigenvalue weighted by molar-refractivity contribution is 5.84. The number of benzene rings is 2. The van der Waals surface area contributed by atoms with Crippen molar-refractivity contribution < 1.29 is 29.3 Å². The van der Waals surface area contributed by atoms with E-state index in [0.717, 1.165) is 107 Å². The predicted molar refractivity (Wildman–Crippen MR) is 210 cm³/mol. The fourth-order valence-electron chi connectivity index (χ4n) is 7.79. The summed E-state index contributed by atoms with van der Waals surface area (Å²) in [7, 11) is 4.36. The number of ether oxygens (including phenoxy) is 1. The molecule has 0 unspecified atom stereocenters. The number of aryl methyl sites for hydroxylation is 2. The van der Waals surface area contributed by atoms with Gasteiger partial charge >= 0.3 is 5.97 Å². The number of aldehydes is 1. The van der Waals surface area contributed by atoms with Crippen LogP contribution in [0.1, 0.15) is 75.8 Å². The molecule has 12 heteroatoms. The van der Waals surface area contributed by atoms with E-state index in [0.29, 0.717) is 5.69 Å². The molecule has 288 valence electrons. The maximum atomic E-state index is 11.4. The number of aliphatic carboxylic acids is 1. The molecule has 2 aromatic heterocycles. The number of carboxylic acids is 1. The number of hydrogen-bond donors (Lipinski definition) is 2. The lowest BCUT2D eigenvalue weighted by atomic mass is 9.90. The number of rotatable bonds is 6. The number of nitrogens with zero attached hydrogens (tertiary/aromatic N) is 6. The smallest absolute Gasteiger partial charge is 0.328 e. The molecule has 2 aromatic carbocycles. The van der Waals surface area contributed by atoms with Gasteiger partial charge < -0.3 is 33.9 Å². The maximum Gasteiger partial charge on any atom is 0.328 e. The van der Waals surface area contributed by atoms with Crippen molar-refractivity contribution >= 4 is 29.9 Å². The first-order chi connectivity index (χ1) is 26.8. The Balaban J connectivity index is 0.000000154. The lowest BCUT2D eigenvalue weighted by Gasteiger charge is -2.26. The number of aliphatic hydroxyl groups excluding tert-OH is 1. The third-order valence-corrected chi connectivity index (χ3v) is 10.7. The largest absolute Gasteiger partial charge is 0.478 e. The number of aromatic nitrogens is 4. The topological polar surface area (TPSA) is 143 Å². The average molecular weight is 747 g/mol. The Hall–Kier alpha value is -5.43. The van der Waals surface area contributed by atoms with Crippen molar-refractivity contribution in [2.75, 3.05) is 46.9 Å². The maximum absolute atomic E-state index is 11.4. The summed E-state index contributed by atoms with van der Waals surface area (Å²) in [6.07, 6.45) is 12.9. The van der Waals surface area contributed by atoms with E-state index in [1.807, 2.05) is 6.20 Å². The minimum absolute atomic E-state index is 0.00972. The zero-order valence-corrected chi connectivity index (χ0v) is 31.7. The van der Waals surface area contributed by atoms with Gasteiger partial charge in [-0.05, 0) is 81.0 Å². The lowest BCUT2D eigenvalue weighted by Crippen LogP contribution is -2.27. The summed E-state index contributed by atoms with van der Waals surface area (Å²) in [6.45, 7) is 6.40. The fourth-order valence-corrected chi connectivity index (χ4v) is 7.79. The molecule has 2 N–H and O–H groups in total. The summed E-state index contributed by atoms with van der Waals surface area (Å²) < 4.78 is 8.45. The molecule has 4 aliphatic rings. The molecule has 0 spiro atoms. The van der Waals surface area contributed by atoms with Crippen LogP contribution in [0, 0.1) is 0 Å². The number of piperidine rings is 2. The summed E-state index contributed by atoms with van der Waals surface area (Å²) in [6, 6.07) is 17.3. The molecule has 55 heavy (non-hydrogen) atoms. The second kappa shape index (κ2) is 18.7. The molecule has 0 bridgehead atoms. The summed E-state index contributed by atoms with van der Waals surface area (Å²) in [5.41, 5.74) is 12.5. The second-order valence-corrected chi connectivity index (χ2v) is 14.2. The Kier molecular flexibility index (Phi) is 13.4. The molecule has 4 aromatic rings. The van der Waals surface area contributed by atoms with Crippen molar-refractivity contribution in [3.63, 3.8) is 0 Å². The summed E-state index contributed by atoms with van der Waals surface area (Å²) in [4.78, 5) is 44.6. The molecule has 6 heterocycles. The minimum Gasteiger partial charge on any atom is -0.478 e. The zero-order valence-electron chi connectivity index (χ0n) is 31.7. The van der Waals surface area contributed by atoms with E-state index < -0.39 is 5.97 Å². The van der Waals surface area contributed by atoms with Gasteiger partial charge in [-0.25, -0.2) is 14.8 Å². The van der Waals surface area contributed by atoms with E-state index >= 15 is 0 Å². The van der Waals surface area contributed by atoms with Crippen molar-refractivity contribution in [1.82, 2.24) is 28.9 Å². The SMILES string of the molecule is CN1CCC(=C2c3ccccc3CCn3c(C=O)cnc32)CC1.CN1CCC(=C2c3ccccc3CCn3c(CO)cnc32)CC1.O=COC/C=C/C(=O)O. The summed E-state index contributed by atoms with van der Waals surface area (Å²) in [5.74, 6) is 0.958. The van der Waals surface area contributed by atoms with Crippen LogP contribution in [0.4, 0.5) is 0 Å². The fraction of sp³-hybridized carbons (Fsp3) is 0.372. The quantitative estimate of drug-likeness (QED) is 0.157. The molecular weight excluding hydrogens is 697 g/mol. The predicted octanol–water partition coefficient (Wildman–Crippen LogP) is 5.04. The van der Waals surface area contributed by atoms with Crippen LogP contribution >= 0.6 is 0 Å². The Labute approximate surface area is 322 Å². The van der Waals surface area contributed by atoms with Gasteiger partial charge in [-0.1, -0.05) is 59.7 Å². The van der Waals surface area contributed by atoms with Gasteiger partial charge in [0.25, 0.3) is 6.47 Å². The van der Waals surface area contributed by atoms with Crippen LogP contribution in [0.3, 0.4) is 0 Å². The van der Waals surface area contributed by atoms with Gasteiger partial charge in [-0.3, -0.25) is 9.59 Å². The van der Waals surface area contributed by atoms with Crippen LogP contribution in [-0.2, 0) is 46.9 Å². The highest BCUT2D eigenvalue weighted by atomic mass is 16.5. The van der Waals surface area contributed by atoms with E-state index in [1.165, 1.54) is 50.6 Å². The van der Waals surface area contributed by atoms with Crippen molar-refractivity contribution in [1.29, 1.82) is 0 Å². The van der Waals surface area contributed by atoms with Gasteiger partial charge in [-0.15, -0.1) is 0 Å². The first kappa shape index (κ1) is 39.3. The zero-order chi connectivity index (χ0) is 38.7. The molecule has 2 saturated heterocycles. The number of hydrogen-bond acceptors (Lipinski definition) is 9. The van der Waals surface area contributed by atoms with Crippen molar-refractivity contribution in [3.05, 3.63) is 130 Å². The Morgan fingerprint density at radius 3 is 1.75 bits per heavy atom. The number of carboxylic acid groups (broad SMARTS) is 1. The van der Waals surface area contributed by atoms with Crippen LogP contribution < -0.4 is 0 Å². The van der Waals surface area contributed by atoms with Crippen molar-refractivity contribution in [3.8, 4) is 0 Å². The lowest BCUT2D eigenvalue weighted by molar-refractivity contribution is -0.132. The number of likely N-dealkylation sites (tertiary alicyclic amines) is 2. The van der Waals surface area contributed by atoms with E-state index in [1.54, 1.807) is 6.20 Å². The number of aliphatic hydroxyl groups is 1. The number of imidazole rings is 2. The Morgan fingerprint density at radius 2 is 1.24 bits per heavy atom. The summed E-state index contributed by atoms with van der Waals surface area (Å²) in [5, 5.41) is 17.6. The molecule has 12 nitrogen and oxygen atoms in total. The number of carbonyl (C=O) groups excluding carboxylic acids is 2. The van der Waals surface area contributed by atoms with E-state index in [2.05, 4.69) is 91.3 Å². The number of fused-ring (bicyclic) bond motifs is 4. The Morgan fingerprint density at radius 1 is 0.727 bits per heavy atom. The van der Waals surface area contributed by atoms with Gasteiger partial charge in [0, 0.05) is 56.5 Å². The van der Waals surface area contributed by atoms with Gasteiger partial charge in [-0.2, -0.15) is 0 Å². The van der Waals surface area contributed by atoms with E-state index in [4.69, 9.17) is 10.1 Å². The molecule has 2 fully saturated rings. The van der Waals surface area contributed by atoms with E-state index in [9.17, 15) is 19.5 Å². The molecule has 4 aliphatic heterocycles. The van der Waals surface area contributed by atoms with Crippen LogP contribution in [0.2, 0.25) is 0 Å². The molecule has 0 radical (unpaired) electrons. The normalized spacial score (nSPS) is 16.9. The van der Waals surface area contributed by atoms with Gasteiger partial charge in [0.15, 0.2) is 6.29 Å². The van der Waals surface area contributed by atoms with Gasteiger partial charge in [0.05, 0.1) is 24.7 Å². The third-order valence-electron chi connectivity index (χ3n) is 10.7. The molecule has 0 saturated carbocycles. The molecule has 8 rings (SSSR count). The van der Waals surface area contributed by atoms with Crippen molar-refractivity contribution in [2.24, 2.45) is 0 Å². The highest BCUT2D eigenvalue weighted by Crippen LogP contribution is 2.37. The highest BCUT2D eigenvalue weighted by Gasteiger charge is 2.27. The van der Waals surface area contributed by atoms with Gasteiger partial charge in [0.2, 0.25) is 0 Å². The average Bonchev–Trinajstić information content (AvgIpc) is 3.71. The Bertz CT molecular complexity index is 2070. The third kappa shape index (κ3) is 9.27. The van der Waals surface area contributed by atoms with Crippen molar-refractivity contribution in [2.45, 2.75) is 58.2 Å². The van der Waals surface area contributed by atoms with Crippen LogP contribution in [0.25, 0.3) is 11.1 Å². The van der Waals surface area contributed by atoms with Crippen LogP contribution in [0.15, 0.2) is 84.2 Å². The second-order valence-electron chi connectivity index (χ2n) is 14.2. The molecule has 0 atom stereocenters. The first-order valence-electron chi connectivity index (χ1n) is 18.9. The standard InChI is InChI=1S/C19H23N3O.C19H21N3O.C5H6O4/c2*1-21-9-6-15(7-10-21)18-17-5-3-2-4-14(17)8-11-22-16(13-23)12-20-19(18)22;6-4-9-3-1-2-5(7)8/h2-5,12,23H,6-11,13H2,1H3;2-5,12-13H,6-11H2,1H3;1-2,4H,3H2,(H,7,8)/b;;2-1+. The first-order valence-corrected chi connectivity index (χ1v) is 18.9. The minimum atomic E-state index is -1.05. The van der Waals surface area contributed by atoms with E-state index in [-0.39, 0.29) is 19.7 Å². The summed E-state index contributed by atoms with van der Waals surface area (Å²) >= 11 is 0. The number of carbonyl (C=O) groups is 3. The molecular formula is C43H50N6O6.